The zero-order chi connectivity index (χ0) is 23.0. The number of imidazole rings is 1. The number of aromatic nitrogens is 2. The first kappa shape index (κ1) is 22.3. The standard InChI is InChI=1S/C25H21FN4O2S/c26-22-9-5-4-6-19(22)16-28-24(32)18-10-12-21(13-11-18)30-15-14-27-25(30)33-17-23(31)29-20-7-2-1-3-8-20/h1-15H,16-17H2,(H,28,32)(H,29,31). The highest BCUT2D eigenvalue weighted by Gasteiger charge is 2.11. The smallest absolute Gasteiger partial charge is 0.251 e. The molecule has 0 saturated heterocycles. The Bertz CT molecular complexity index is 1240. The maximum Gasteiger partial charge on any atom is 0.251 e. The van der Waals surface area contributed by atoms with Crippen molar-refractivity contribution in [2.45, 2.75) is 11.7 Å². The number of halogens is 1. The molecule has 0 fully saturated rings. The van der Waals surface area contributed by atoms with Gasteiger partial charge in [-0.2, -0.15) is 0 Å². The molecule has 0 aliphatic rings. The van der Waals surface area contributed by atoms with Crippen LogP contribution in [0.25, 0.3) is 5.69 Å². The predicted molar refractivity (Wildman–Crippen MR) is 127 cm³/mol. The summed E-state index contributed by atoms with van der Waals surface area (Å²) in [5.41, 5.74) is 2.45. The first-order chi connectivity index (χ1) is 16.1. The second-order valence-electron chi connectivity index (χ2n) is 7.10. The van der Waals surface area contributed by atoms with Crippen LogP contribution in [0.15, 0.2) is 96.4 Å². The lowest BCUT2D eigenvalue weighted by Gasteiger charge is -2.10. The van der Waals surface area contributed by atoms with Gasteiger partial charge in [-0.15, -0.1) is 0 Å². The molecule has 0 saturated carbocycles. The van der Waals surface area contributed by atoms with Crippen LogP contribution in [0.1, 0.15) is 15.9 Å². The molecule has 4 rings (SSSR count). The van der Waals surface area contributed by atoms with Crippen molar-refractivity contribution in [3.63, 3.8) is 0 Å². The molecule has 0 radical (unpaired) electrons. The summed E-state index contributed by atoms with van der Waals surface area (Å²) in [6.45, 7) is 0.112. The summed E-state index contributed by atoms with van der Waals surface area (Å²) >= 11 is 1.32. The SMILES string of the molecule is O=C(CSc1nccn1-c1ccc(C(=O)NCc2ccccc2F)cc1)Nc1ccccc1. The summed E-state index contributed by atoms with van der Waals surface area (Å²) in [5, 5.41) is 6.24. The molecule has 33 heavy (non-hydrogen) atoms. The second kappa shape index (κ2) is 10.6. The number of anilines is 1. The number of nitrogens with zero attached hydrogens (tertiary/aromatic N) is 2. The van der Waals surface area contributed by atoms with Gasteiger partial charge in [0.25, 0.3) is 5.91 Å². The van der Waals surface area contributed by atoms with Gasteiger partial charge in [0, 0.05) is 41.4 Å². The molecule has 2 N–H and O–H groups in total. The van der Waals surface area contributed by atoms with E-state index in [1.165, 1.54) is 17.8 Å². The van der Waals surface area contributed by atoms with Gasteiger partial charge in [0.15, 0.2) is 5.16 Å². The molecule has 0 aliphatic carbocycles. The highest BCUT2D eigenvalue weighted by Crippen LogP contribution is 2.21. The minimum Gasteiger partial charge on any atom is -0.348 e. The summed E-state index contributed by atoms with van der Waals surface area (Å²) in [4.78, 5) is 29.0. The Labute approximate surface area is 194 Å². The van der Waals surface area contributed by atoms with E-state index in [1.807, 2.05) is 34.9 Å². The molecule has 1 heterocycles. The largest absolute Gasteiger partial charge is 0.348 e. The van der Waals surface area contributed by atoms with Crippen molar-refractivity contribution in [2.75, 3.05) is 11.1 Å². The van der Waals surface area contributed by atoms with Gasteiger partial charge in [-0.25, -0.2) is 9.37 Å². The minimum atomic E-state index is -0.351. The van der Waals surface area contributed by atoms with E-state index >= 15 is 0 Å². The Kier molecular flexibility index (Phi) is 7.16. The van der Waals surface area contributed by atoms with E-state index in [0.717, 1.165) is 11.4 Å². The lowest BCUT2D eigenvalue weighted by molar-refractivity contribution is -0.113. The summed E-state index contributed by atoms with van der Waals surface area (Å²) in [6.07, 6.45) is 3.46. The van der Waals surface area contributed by atoms with Crippen LogP contribution in [0.5, 0.6) is 0 Å². The lowest BCUT2D eigenvalue weighted by atomic mass is 10.1. The quantitative estimate of drug-likeness (QED) is 0.375. The Morgan fingerprint density at radius 3 is 2.42 bits per heavy atom. The van der Waals surface area contributed by atoms with Crippen molar-refractivity contribution in [3.05, 3.63) is 108 Å². The first-order valence-corrected chi connectivity index (χ1v) is 11.2. The van der Waals surface area contributed by atoms with Crippen LogP contribution in [0.2, 0.25) is 0 Å². The third-order valence-corrected chi connectivity index (χ3v) is 5.77. The number of para-hydroxylation sites is 1. The third kappa shape index (κ3) is 5.87. The molecule has 6 nitrogen and oxygen atoms in total. The molecule has 1 aromatic heterocycles. The van der Waals surface area contributed by atoms with E-state index in [-0.39, 0.29) is 29.9 Å². The molecule has 0 spiro atoms. The maximum absolute atomic E-state index is 13.7. The Hall–Kier alpha value is -3.91. The van der Waals surface area contributed by atoms with Crippen LogP contribution >= 0.6 is 11.8 Å². The van der Waals surface area contributed by atoms with E-state index < -0.39 is 0 Å². The van der Waals surface area contributed by atoms with E-state index in [0.29, 0.717) is 16.3 Å². The van der Waals surface area contributed by atoms with Crippen LogP contribution < -0.4 is 10.6 Å². The molecule has 0 unspecified atom stereocenters. The predicted octanol–water partition coefficient (Wildman–Crippen LogP) is 4.67. The Balaban J connectivity index is 1.35. The average Bonchev–Trinajstić information content (AvgIpc) is 3.31. The molecule has 166 valence electrons. The van der Waals surface area contributed by atoms with E-state index in [2.05, 4.69) is 15.6 Å². The molecule has 3 aromatic carbocycles. The topological polar surface area (TPSA) is 76.0 Å². The van der Waals surface area contributed by atoms with Crippen molar-refractivity contribution in [1.82, 2.24) is 14.9 Å². The molecule has 8 heteroatoms. The number of rotatable bonds is 8. The number of carbonyl (C=O) groups excluding carboxylic acids is 2. The van der Waals surface area contributed by atoms with Crippen molar-refractivity contribution >= 4 is 29.3 Å². The van der Waals surface area contributed by atoms with Gasteiger partial charge in [-0.1, -0.05) is 48.2 Å². The van der Waals surface area contributed by atoms with Gasteiger partial charge in [0.2, 0.25) is 5.91 Å². The number of nitrogens with one attached hydrogen (secondary N) is 2. The number of benzene rings is 3. The fraction of sp³-hybridized carbons (Fsp3) is 0.0800. The number of thioether (sulfide) groups is 1. The fourth-order valence-corrected chi connectivity index (χ4v) is 3.91. The number of hydrogen-bond acceptors (Lipinski definition) is 4. The molecule has 0 bridgehead atoms. The molecule has 0 atom stereocenters. The van der Waals surface area contributed by atoms with Crippen LogP contribution in [0.4, 0.5) is 10.1 Å². The van der Waals surface area contributed by atoms with Crippen molar-refractivity contribution < 1.29 is 14.0 Å². The average molecular weight is 461 g/mol. The molecule has 4 aromatic rings. The number of carbonyl (C=O) groups is 2. The fourth-order valence-electron chi connectivity index (χ4n) is 3.13. The Morgan fingerprint density at radius 1 is 0.939 bits per heavy atom. The summed E-state index contributed by atoms with van der Waals surface area (Å²) < 4.78 is 15.6. The molecular formula is C25H21FN4O2S. The van der Waals surface area contributed by atoms with E-state index in [9.17, 15) is 14.0 Å². The van der Waals surface area contributed by atoms with Gasteiger partial charge in [-0.3, -0.25) is 14.2 Å². The summed E-state index contributed by atoms with van der Waals surface area (Å²) in [5.74, 6) is -0.552. The van der Waals surface area contributed by atoms with Crippen molar-refractivity contribution in [2.24, 2.45) is 0 Å². The normalized spacial score (nSPS) is 10.6. The van der Waals surface area contributed by atoms with E-state index in [4.69, 9.17) is 0 Å². The van der Waals surface area contributed by atoms with Gasteiger partial charge in [0.05, 0.1) is 5.75 Å². The maximum atomic E-state index is 13.7. The molecular weight excluding hydrogens is 439 g/mol. The third-order valence-electron chi connectivity index (χ3n) is 4.80. The lowest BCUT2D eigenvalue weighted by Crippen LogP contribution is -2.23. The van der Waals surface area contributed by atoms with Gasteiger partial charge < -0.3 is 10.6 Å². The zero-order valence-electron chi connectivity index (χ0n) is 17.6. The number of amides is 2. The van der Waals surface area contributed by atoms with Crippen LogP contribution in [-0.2, 0) is 11.3 Å². The van der Waals surface area contributed by atoms with Gasteiger partial charge in [-0.05, 0) is 42.5 Å². The summed E-state index contributed by atoms with van der Waals surface area (Å²) in [6, 6.07) is 22.6. The van der Waals surface area contributed by atoms with Crippen LogP contribution in [-0.4, -0.2) is 27.1 Å². The van der Waals surface area contributed by atoms with Crippen molar-refractivity contribution in [3.8, 4) is 5.69 Å². The first-order valence-electron chi connectivity index (χ1n) is 10.2. The Morgan fingerprint density at radius 2 is 1.67 bits per heavy atom. The minimum absolute atomic E-state index is 0.112. The highest BCUT2D eigenvalue weighted by atomic mass is 32.2. The van der Waals surface area contributed by atoms with E-state index in [1.54, 1.807) is 54.9 Å². The summed E-state index contributed by atoms with van der Waals surface area (Å²) in [7, 11) is 0. The van der Waals surface area contributed by atoms with Gasteiger partial charge in [0.1, 0.15) is 5.82 Å². The van der Waals surface area contributed by atoms with Gasteiger partial charge >= 0.3 is 0 Å². The molecule has 2 amide bonds. The van der Waals surface area contributed by atoms with Crippen LogP contribution in [0, 0.1) is 5.82 Å². The molecule has 0 aliphatic heterocycles. The number of hydrogen-bond donors (Lipinski definition) is 2. The van der Waals surface area contributed by atoms with Crippen molar-refractivity contribution in [1.29, 1.82) is 0 Å². The van der Waals surface area contributed by atoms with Crippen LogP contribution in [0.3, 0.4) is 0 Å². The highest BCUT2D eigenvalue weighted by molar-refractivity contribution is 7.99. The monoisotopic (exact) mass is 460 g/mol. The zero-order valence-corrected chi connectivity index (χ0v) is 18.4. The second-order valence-corrected chi connectivity index (χ2v) is 8.05.